The maximum Gasteiger partial charge on any atom is 0.164 e. The van der Waals surface area contributed by atoms with Gasteiger partial charge in [-0.2, -0.15) is 0 Å². The van der Waals surface area contributed by atoms with Gasteiger partial charge < -0.3 is 8.98 Å². The van der Waals surface area contributed by atoms with E-state index in [1.54, 1.807) is 18.2 Å². The Hall–Kier alpha value is -8.15. The summed E-state index contributed by atoms with van der Waals surface area (Å²) in [5, 5.41) is 0.206. The molecular weight excluding hydrogens is 733 g/mol. The van der Waals surface area contributed by atoms with Crippen molar-refractivity contribution >= 4 is 54.5 Å². The van der Waals surface area contributed by atoms with Crippen LogP contribution >= 0.6 is 0 Å². The van der Waals surface area contributed by atoms with Crippen molar-refractivity contribution in [3.05, 3.63) is 206 Å². The van der Waals surface area contributed by atoms with Crippen LogP contribution < -0.4 is 0 Å². The lowest BCUT2D eigenvalue weighted by Gasteiger charge is -2.10. The predicted molar refractivity (Wildman–Crippen MR) is 246 cm³/mol. The van der Waals surface area contributed by atoms with Gasteiger partial charge in [0.2, 0.25) is 0 Å². The Balaban J connectivity index is 0.990. The summed E-state index contributed by atoms with van der Waals surface area (Å²) in [6.07, 6.45) is 0. The Morgan fingerprint density at radius 1 is 0.417 bits per heavy atom. The van der Waals surface area contributed by atoms with Crippen molar-refractivity contribution in [2.75, 3.05) is 0 Å². The summed E-state index contributed by atoms with van der Waals surface area (Å²) in [5.74, 6) is 1.59. The Labute approximate surface area is 365 Å². The lowest BCUT2D eigenvalue weighted by atomic mass is 9.97. The molecule has 9 aromatic carbocycles. The number of fused-ring (bicyclic) bond motifs is 7. The van der Waals surface area contributed by atoms with E-state index < -0.39 is 90.3 Å². The van der Waals surface area contributed by atoms with E-state index in [9.17, 15) is 8.22 Å². The van der Waals surface area contributed by atoms with E-state index in [2.05, 4.69) is 0 Å². The van der Waals surface area contributed by atoms with E-state index >= 15 is 0 Å². The van der Waals surface area contributed by atoms with Crippen LogP contribution in [0.25, 0.3) is 117 Å². The molecule has 0 saturated carbocycles. The molecule has 3 aromatic heterocycles. The van der Waals surface area contributed by atoms with E-state index in [-0.39, 0.29) is 43.7 Å². The average molecular weight is 781 g/mol. The highest BCUT2D eigenvalue weighted by atomic mass is 16.3. The quantitative estimate of drug-likeness (QED) is 0.169. The molecule has 5 nitrogen and oxygen atoms in total. The van der Waals surface area contributed by atoms with Crippen molar-refractivity contribution in [3.63, 3.8) is 0 Å². The third-order valence-corrected chi connectivity index (χ3v) is 10.6. The van der Waals surface area contributed by atoms with Crippen molar-refractivity contribution in [1.29, 1.82) is 0 Å². The predicted octanol–water partition coefficient (Wildman–Crippen LogP) is 14.4. The second kappa shape index (κ2) is 13.8. The second-order valence-corrected chi connectivity index (χ2v) is 14.1. The van der Waals surface area contributed by atoms with Crippen molar-refractivity contribution in [3.8, 4) is 62.1 Å². The molecule has 0 unspecified atom stereocenters. The molecule has 60 heavy (non-hydrogen) atoms. The van der Waals surface area contributed by atoms with Crippen LogP contribution in [0.5, 0.6) is 0 Å². The minimum atomic E-state index is -0.709. The van der Waals surface area contributed by atoms with Crippen LogP contribution in [0.15, 0.2) is 210 Å². The van der Waals surface area contributed by atoms with Gasteiger partial charge in [0.25, 0.3) is 0 Å². The number of hydrogen-bond acceptors (Lipinski definition) is 4. The molecule has 0 bridgehead atoms. The summed E-state index contributed by atoms with van der Waals surface area (Å²) >= 11 is 0. The van der Waals surface area contributed by atoms with E-state index in [0.717, 1.165) is 37.8 Å². The van der Waals surface area contributed by atoms with Crippen LogP contribution in [0.1, 0.15) is 19.2 Å². The van der Waals surface area contributed by atoms with Crippen LogP contribution in [0, 0.1) is 0 Å². The van der Waals surface area contributed by atoms with Crippen LogP contribution in [-0.2, 0) is 0 Å². The van der Waals surface area contributed by atoms with Gasteiger partial charge in [-0.25, -0.2) is 15.0 Å². The van der Waals surface area contributed by atoms with Gasteiger partial charge in [-0.3, -0.25) is 0 Å². The molecular formula is C55H34N4O. The lowest BCUT2D eigenvalue weighted by molar-refractivity contribution is 0.669. The highest BCUT2D eigenvalue weighted by Gasteiger charge is 2.17. The molecule has 3 heterocycles. The molecule has 0 saturated heterocycles. The molecule has 280 valence electrons. The first-order valence-electron chi connectivity index (χ1n) is 26.0. The summed E-state index contributed by atoms with van der Waals surface area (Å²) in [7, 11) is 0. The number of benzene rings is 9. The molecule has 0 aliphatic rings. The monoisotopic (exact) mass is 780 g/mol. The molecule has 0 amide bonds. The van der Waals surface area contributed by atoms with E-state index in [0.29, 0.717) is 34.0 Å². The molecule has 0 aliphatic carbocycles. The third-order valence-electron chi connectivity index (χ3n) is 10.6. The fourth-order valence-electron chi connectivity index (χ4n) is 7.72. The summed E-state index contributed by atoms with van der Waals surface area (Å²) in [5.41, 5.74) is 4.12. The Morgan fingerprint density at radius 2 is 1.02 bits per heavy atom. The Bertz CT molecular complexity index is 4320. The van der Waals surface area contributed by atoms with Gasteiger partial charge in [0.05, 0.1) is 30.2 Å². The van der Waals surface area contributed by atoms with Gasteiger partial charge >= 0.3 is 0 Å². The molecule has 0 fully saturated rings. The highest BCUT2D eigenvalue weighted by Crippen LogP contribution is 2.40. The first kappa shape index (κ1) is 22.7. The summed E-state index contributed by atoms with van der Waals surface area (Å²) < 4.78 is 133. The molecule has 12 aromatic rings. The first-order valence-corrected chi connectivity index (χ1v) is 19.0. The lowest BCUT2D eigenvalue weighted by Crippen LogP contribution is -2.00. The number of furan rings is 1. The normalized spacial score (nSPS) is 14.9. The molecule has 0 radical (unpaired) electrons. The van der Waals surface area contributed by atoms with Gasteiger partial charge in [0.15, 0.2) is 17.5 Å². The zero-order chi connectivity index (χ0) is 51.8. The topological polar surface area (TPSA) is 56.7 Å². The van der Waals surface area contributed by atoms with E-state index in [4.69, 9.17) is 30.3 Å². The molecule has 0 N–H and O–H groups in total. The van der Waals surface area contributed by atoms with Crippen LogP contribution in [0.4, 0.5) is 0 Å². The summed E-state index contributed by atoms with van der Waals surface area (Å²) in [6.45, 7) is 0. The molecule has 5 heteroatoms. The van der Waals surface area contributed by atoms with Crippen molar-refractivity contribution < 1.29 is 23.6 Å². The SMILES string of the molecule is [2H]c1c([2H])c(-n2c3c([2H])c([2H])c([2H])c([2H])c3c3c([2H])c4c([2H])c([2H])c([2H])c([2H])c4c([2H])c32)c([2H])c([2H])c1-c1ccc2c(c1)oc1cccc(-c3ccc(-c4nc(-c5ccccc5)nc(-c5ccccc5)n4)cc3)c12. The van der Waals surface area contributed by atoms with Crippen molar-refractivity contribution in [1.82, 2.24) is 19.5 Å². The largest absolute Gasteiger partial charge is 0.456 e. The average Bonchev–Trinajstić information content (AvgIpc) is 3.98. The van der Waals surface area contributed by atoms with Gasteiger partial charge in [-0.15, -0.1) is 0 Å². The van der Waals surface area contributed by atoms with Crippen LogP contribution in [0.2, 0.25) is 0 Å². The summed E-state index contributed by atoms with van der Waals surface area (Å²) in [4.78, 5) is 14.5. The van der Waals surface area contributed by atoms with Crippen LogP contribution in [-0.4, -0.2) is 19.5 Å². The summed E-state index contributed by atoms with van der Waals surface area (Å²) in [6, 6.07) is 29.2. The zero-order valence-electron chi connectivity index (χ0n) is 45.2. The molecule has 0 spiro atoms. The number of hydrogen-bond donors (Lipinski definition) is 0. The number of nitrogens with zero attached hydrogens (tertiary/aromatic N) is 4. The molecule has 0 atom stereocenters. The van der Waals surface area contributed by atoms with Crippen molar-refractivity contribution in [2.45, 2.75) is 0 Å². The van der Waals surface area contributed by atoms with Crippen LogP contribution in [0.3, 0.4) is 0 Å². The maximum atomic E-state index is 9.47. The molecule has 12 rings (SSSR count). The minimum absolute atomic E-state index is 0.111. The second-order valence-electron chi connectivity index (χ2n) is 14.1. The minimum Gasteiger partial charge on any atom is -0.456 e. The highest BCUT2D eigenvalue weighted by molar-refractivity contribution is 6.14. The third kappa shape index (κ3) is 5.67. The van der Waals surface area contributed by atoms with Gasteiger partial charge in [-0.05, 0) is 81.4 Å². The van der Waals surface area contributed by atoms with E-state index in [1.807, 2.05) is 103 Å². The fourth-order valence-corrected chi connectivity index (χ4v) is 7.72. The number of aromatic nitrogens is 4. The Morgan fingerprint density at radius 3 is 1.72 bits per heavy atom. The van der Waals surface area contributed by atoms with Gasteiger partial charge in [0.1, 0.15) is 11.2 Å². The zero-order valence-corrected chi connectivity index (χ0v) is 31.2. The van der Waals surface area contributed by atoms with Gasteiger partial charge in [-0.1, -0.05) is 158 Å². The smallest absolute Gasteiger partial charge is 0.164 e. The standard InChI is InChI=1S/C55H34N4O/c1-3-12-37(13-4-1)53-56-54(38-14-5-2-6-15-38)58-55(57-53)39-24-22-36(23-25-39)44-19-11-21-50-52(44)46-31-28-42(34-51(46)60-50)35-26-29-43(30-27-35)59-48-20-10-9-18-45(48)47-32-40-16-7-8-17-41(40)33-49(47)59/h1-34H/i7D,8D,9D,10D,16D,17D,18D,20D,26D,27D,29D,30D,32D,33D. The fraction of sp³-hybridized carbons (Fsp3) is 0. The number of rotatable bonds is 6. The molecule has 0 aliphatic heterocycles. The maximum absolute atomic E-state index is 9.47. The Kier molecular flexibility index (Phi) is 5.20. The van der Waals surface area contributed by atoms with Gasteiger partial charge in [0, 0.05) is 43.9 Å². The first-order chi connectivity index (χ1) is 35.6. The van der Waals surface area contributed by atoms with Crippen molar-refractivity contribution in [2.24, 2.45) is 0 Å². The van der Waals surface area contributed by atoms with E-state index in [1.165, 1.54) is 0 Å². The number of para-hydroxylation sites is 1.